The summed E-state index contributed by atoms with van der Waals surface area (Å²) in [6.07, 6.45) is 0. The lowest BCUT2D eigenvalue weighted by Gasteiger charge is -2.12. The Hall–Kier alpha value is -6.06. The first kappa shape index (κ1) is 25.4. The Morgan fingerprint density at radius 2 is 1.07 bits per heavy atom. The van der Waals surface area contributed by atoms with Gasteiger partial charge in [-0.25, -0.2) is 9.97 Å². The molecular weight excluding hydrogens is 546 g/mol. The van der Waals surface area contributed by atoms with Crippen molar-refractivity contribution in [2.45, 2.75) is 0 Å². The van der Waals surface area contributed by atoms with Crippen LogP contribution in [-0.4, -0.2) is 14.5 Å². The van der Waals surface area contributed by atoms with Gasteiger partial charge in [0.05, 0.1) is 22.2 Å². The van der Waals surface area contributed by atoms with Gasteiger partial charge in [0, 0.05) is 33.0 Å². The first-order valence-corrected chi connectivity index (χ1v) is 15.3. The zero-order valence-corrected chi connectivity index (χ0v) is 24.4. The minimum Gasteiger partial charge on any atom is -0.309 e. The van der Waals surface area contributed by atoms with Crippen molar-refractivity contribution in [3.05, 3.63) is 164 Å². The normalized spacial score (nSPS) is 11.6. The first-order chi connectivity index (χ1) is 22.3. The van der Waals surface area contributed by atoms with Crippen molar-refractivity contribution in [3.63, 3.8) is 0 Å². The van der Waals surface area contributed by atoms with Gasteiger partial charge in [-0.2, -0.15) is 0 Å². The van der Waals surface area contributed by atoms with E-state index in [9.17, 15) is 0 Å². The Morgan fingerprint density at radius 3 is 1.87 bits per heavy atom. The van der Waals surface area contributed by atoms with Gasteiger partial charge in [0.2, 0.25) is 0 Å². The summed E-state index contributed by atoms with van der Waals surface area (Å²) >= 11 is 0. The van der Waals surface area contributed by atoms with Crippen LogP contribution in [0.4, 0.5) is 0 Å². The van der Waals surface area contributed by atoms with E-state index in [0.29, 0.717) is 0 Å². The molecule has 3 nitrogen and oxygen atoms in total. The average molecular weight is 574 g/mol. The van der Waals surface area contributed by atoms with Crippen molar-refractivity contribution < 1.29 is 0 Å². The topological polar surface area (TPSA) is 30.7 Å². The van der Waals surface area contributed by atoms with Crippen LogP contribution in [-0.2, 0) is 0 Å². The Balaban J connectivity index is 1.26. The highest BCUT2D eigenvalue weighted by molar-refractivity contribution is 6.21. The zero-order valence-electron chi connectivity index (χ0n) is 24.4. The van der Waals surface area contributed by atoms with Crippen LogP contribution in [0.1, 0.15) is 0 Å². The number of rotatable bonds is 4. The molecule has 0 aliphatic heterocycles. The van der Waals surface area contributed by atoms with E-state index >= 15 is 0 Å². The molecular formula is C42H27N3. The maximum absolute atomic E-state index is 5.10. The van der Waals surface area contributed by atoms with Gasteiger partial charge in [0.25, 0.3) is 0 Å². The average Bonchev–Trinajstić information content (AvgIpc) is 3.46. The Kier molecular flexibility index (Phi) is 5.82. The van der Waals surface area contributed by atoms with E-state index in [-0.39, 0.29) is 0 Å². The number of hydrogen-bond acceptors (Lipinski definition) is 2. The third kappa shape index (κ3) is 4.21. The molecule has 0 bridgehead atoms. The molecule has 9 rings (SSSR count). The lowest BCUT2D eigenvalue weighted by atomic mass is 10.0. The predicted octanol–water partition coefficient (Wildman–Crippen LogP) is 10.9. The molecule has 0 radical (unpaired) electrons. The molecule has 0 saturated heterocycles. The smallest absolute Gasteiger partial charge is 0.160 e. The highest BCUT2D eigenvalue weighted by Gasteiger charge is 2.17. The van der Waals surface area contributed by atoms with E-state index in [1.807, 2.05) is 24.3 Å². The van der Waals surface area contributed by atoms with Gasteiger partial charge in [0.1, 0.15) is 0 Å². The van der Waals surface area contributed by atoms with Crippen LogP contribution in [0.15, 0.2) is 164 Å². The minimum atomic E-state index is 0.732. The van der Waals surface area contributed by atoms with Crippen LogP contribution >= 0.6 is 0 Å². The van der Waals surface area contributed by atoms with Crippen LogP contribution in [0.5, 0.6) is 0 Å². The molecule has 0 saturated carbocycles. The van der Waals surface area contributed by atoms with Gasteiger partial charge in [-0.1, -0.05) is 133 Å². The van der Waals surface area contributed by atoms with E-state index in [0.717, 1.165) is 39.2 Å². The summed E-state index contributed by atoms with van der Waals surface area (Å²) in [5.74, 6) is 0.732. The summed E-state index contributed by atoms with van der Waals surface area (Å²) in [7, 11) is 0. The molecule has 0 aliphatic carbocycles. The van der Waals surface area contributed by atoms with Crippen molar-refractivity contribution in [2.24, 2.45) is 0 Å². The molecule has 0 unspecified atom stereocenters. The molecule has 7 aromatic carbocycles. The van der Waals surface area contributed by atoms with E-state index in [4.69, 9.17) is 9.97 Å². The quantitative estimate of drug-likeness (QED) is 0.210. The van der Waals surface area contributed by atoms with E-state index in [2.05, 4.69) is 144 Å². The summed E-state index contributed by atoms with van der Waals surface area (Å²) in [4.78, 5) is 10.00. The van der Waals surface area contributed by atoms with Gasteiger partial charge in [0.15, 0.2) is 5.82 Å². The molecule has 3 heteroatoms. The van der Waals surface area contributed by atoms with Crippen molar-refractivity contribution in [1.29, 1.82) is 0 Å². The van der Waals surface area contributed by atoms with Gasteiger partial charge in [-0.05, 0) is 52.2 Å². The lowest BCUT2D eigenvalue weighted by molar-refractivity contribution is 1.18. The lowest BCUT2D eigenvalue weighted by Crippen LogP contribution is -1.97. The Labute approximate surface area is 260 Å². The molecule has 2 heterocycles. The minimum absolute atomic E-state index is 0.732. The molecule has 2 aromatic heterocycles. The van der Waals surface area contributed by atoms with E-state index < -0.39 is 0 Å². The summed E-state index contributed by atoms with van der Waals surface area (Å²) in [5, 5.41) is 6.09. The highest BCUT2D eigenvalue weighted by atomic mass is 15.0. The number of hydrogen-bond donors (Lipinski definition) is 0. The molecule has 0 fully saturated rings. The van der Waals surface area contributed by atoms with Crippen LogP contribution in [0, 0.1) is 0 Å². The van der Waals surface area contributed by atoms with Crippen molar-refractivity contribution in [2.75, 3.05) is 0 Å². The fourth-order valence-corrected chi connectivity index (χ4v) is 6.66. The summed E-state index contributed by atoms with van der Waals surface area (Å²) < 4.78 is 2.40. The van der Waals surface area contributed by atoms with Crippen LogP contribution in [0.2, 0.25) is 0 Å². The van der Waals surface area contributed by atoms with Gasteiger partial charge >= 0.3 is 0 Å². The van der Waals surface area contributed by atoms with Crippen molar-refractivity contribution in [3.8, 4) is 39.5 Å². The first-order valence-electron chi connectivity index (χ1n) is 15.3. The zero-order chi connectivity index (χ0) is 29.7. The Morgan fingerprint density at radius 1 is 0.400 bits per heavy atom. The standard InChI is InChI=1S/C42H27N3/c1-3-11-28(12-4-1)32-21-25-36-39(27-32)45(38-26-22-29-13-7-8-16-34(29)40(36)38)33-23-19-30(20-24-33)41-35-17-9-10-18-37(35)43-42(44-41)31-14-5-2-6-15-31/h1-27H. The number of fused-ring (bicyclic) bond motifs is 6. The number of benzene rings is 7. The van der Waals surface area contributed by atoms with Crippen LogP contribution < -0.4 is 0 Å². The number of para-hydroxylation sites is 1. The second-order valence-corrected chi connectivity index (χ2v) is 11.4. The largest absolute Gasteiger partial charge is 0.309 e. The molecule has 0 spiro atoms. The molecule has 0 aliphatic rings. The summed E-state index contributed by atoms with van der Waals surface area (Å²) in [6.45, 7) is 0. The van der Waals surface area contributed by atoms with Gasteiger partial charge in [-0.3, -0.25) is 0 Å². The predicted molar refractivity (Wildman–Crippen MR) is 188 cm³/mol. The molecule has 0 atom stereocenters. The fourth-order valence-electron chi connectivity index (χ4n) is 6.66. The number of aromatic nitrogens is 3. The van der Waals surface area contributed by atoms with Gasteiger partial charge in [-0.15, -0.1) is 0 Å². The molecule has 45 heavy (non-hydrogen) atoms. The van der Waals surface area contributed by atoms with Crippen molar-refractivity contribution >= 4 is 43.5 Å². The highest BCUT2D eigenvalue weighted by Crippen LogP contribution is 2.39. The Bertz CT molecular complexity index is 2510. The molecule has 210 valence electrons. The second kappa shape index (κ2) is 10.3. The van der Waals surface area contributed by atoms with Crippen molar-refractivity contribution in [1.82, 2.24) is 14.5 Å². The third-order valence-corrected chi connectivity index (χ3v) is 8.80. The maximum Gasteiger partial charge on any atom is 0.160 e. The molecule has 9 aromatic rings. The monoisotopic (exact) mass is 573 g/mol. The fraction of sp³-hybridized carbons (Fsp3) is 0. The third-order valence-electron chi connectivity index (χ3n) is 8.80. The van der Waals surface area contributed by atoms with Gasteiger partial charge < -0.3 is 4.57 Å². The summed E-state index contributed by atoms with van der Waals surface area (Å²) in [5.41, 5.74) is 9.85. The van der Waals surface area contributed by atoms with Crippen LogP contribution in [0.25, 0.3) is 82.9 Å². The van der Waals surface area contributed by atoms with E-state index in [1.54, 1.807) is 0 Å². The molecule has 0 N–H and O–H groups in total. The van der Waals surface area contributed by atoms with E-state index in [1.165, 1.54) is 43.7 Å². The molecule has 0 amide bonds. The van der Waals surface area contributed by atoms with Crippen LogP contribution in [0.3, 0.4) is 0 Å². The summed E-state index contributed by atoms with van der Waals surface area (Å²) in [6, 6.07) is 57.9. The SMILES string of the molecule is c1ccc(-c2ccc3c4c5ccccc5ccc4n(-c4ccc(-c5nc(-c6ccccc6)nc6ccccc56)cc4)c3c2)cc1. The maximum atomic E-state index is 5.10. The number of nitrogens with zero attached hydrogens (tertiary/aromatic N) is 3. The second-order valence-electron chi connectivity index (χ2n) is 11.4.